The molecule has 0 bridgehead atoms. The Kier molecular flexibility index (Phi) is 2.93. The molecule has 0 unspecified atom stereocenters. The van der Waals surface area contributed by atoms with Crippen LogP contribution in [0.25, 0.3) is 32.8 Å². The van der Waals surface area contributed by atoms with E-state index in [9.17, 15) is 0 Å². The van der Waals surface area contributed by atoms with Crippen LogP contribution in [0.15, 0.2) is 60.8 Å². The maximum atomic E-state index is 5.07. The van der Waals surface area contributed by atoms with Crippen molar-refractivity contribution in [1.82, 2.24) is 15.2 Å². The summed E-state index contributed by atoms with van der Waals surface area (Å²) < 4.78 is 5.07. The Hall–Kier alpha value is -3.01. The van der Waals surface area contributed by atoms with Crippen molar-refractivity contribution in [3.63, 3.8) is 0 Å². The van der Waals surface area contributed by atoms with Gasteiger partial charge in [0.15, 0.2) is 0 Å². The molecule has 4 aromatic rings. The minimum Gasteiger partial charge on any atom is -0.466 e. The largest absolute Gasteiger partial charge is 0.466 e. The third kappa shape index (κ3) is 2.05. The molecule has 4 rings (SSSR count). The van der Waals surface area contributed by atoms with E-state index in [1.54, 1.807) is 6.20 Å². The number of ether oxygens (including phenoxy) is 1. The van der Waals surface area contributed by atoms with Crippen LogP contribution in [0.1, 0.15) is 0 Å². The molecule has 4 nitrogen and oxygen atoms in total. The van der Waals surface area contributed by atoms with Gasteiger partial charge in [-0.15, -0.1) is 0 Å². The fourth-order valence-corrected chi connectivity index (χ4v) is 2.69. The van der Waals surface area contributed by atoms with Crippen LogP contribution in [0.2, 0.25) is 0 Å². The van der Waals surface area contributed by atoms with Crippen molar-refractivity contribution in [2.45, 2.75) is 0 Å². The number of aromatic nitrogens is 3. The number of methoxy groups -OCH3 is 1. The third-order valence-corrected chi connectivity index (χ3v) is 3.74. The quantitative estimate of drug-likeness (QED) is 0.525. The van der Waals surface area contributed by atoms with Crippen LogP contribution in [0.5, 0.6) is 6.01 Å². The van der Waals surface area contributed by atoms with E-state index in [4.69, 9.17) is 4.74 Å². The van der Waals surface area contributed by atoms with E-state index >= 15 is 0 Å². The van der Waals surface area contributed by atoms with Gasteiger partial charge in [0, 0.05) is 5.56 Å². The number of nitrogens with zero attached hydrogens (tertiary/aromatic N) is 3. The van der Waals surface area contributed by atoms with Gasteiger partial charge < -0.3 is 4.74 Å². The van der Waals surface area contributed by atoms with Crippen molar-refractivity contribution in [3.05, 3.63) is 60.8 Å². The Morgan fingerprint density at radius 2 is 1.64 bits per heavy atom. The molecule has 0 aliphatic carbocycles. The topological polar surface area (TPSA) is 47.9 Å². The Balaban J connectivity index is 2.02. The number of hydrogen-bond acceptors (Lipinski definition) is 4. The van der Waals surface area contributed by atoms with Gasteiger partial charge in [-0.3, -0.25) is 0 Å². The fourth-order valence-electron chi connectivity index (χ4n) is 2.69. The maximum Gasteiger partial charge on any atom is 0.335 e. The third-order valence-electron chi connectivity index (χ3n) is 3.74. The van der Waals surface area contributed by atoms with Gasteiger partial charge in [0.05, 0.1) is 19.0 Å². The highest BCUT2D eigenvalue weighted by atomic mass is 16.5. The van der Waals surface area contributed by atoms with E-state index < -0.39 is 0 Å². The highest BCUT2D eigenvalue weighted by Crippen LogP contribution is 2.30. The first-order valence-corrected chi connectivity index (χ1v) is 7.01. The number of hydrogen-bond donors (Lipinski definition) is 0. The normalized spacial score (nSPS) is 11.0. The molecule has 4 heteroatoms. The van der Waals surface area contributed by atoms with Crippen LogP contribution in [0, 0.1) is 0 Å². The van der Waals surface area contributed by atoms with Gasteiger partial charge in [0.1, 0.15) is 0 Å². The van der Waals surface area contributed by atoms with E-state index in [1.807, 2.05) is 18.2 Å². The number of benzene rings is 3. The molecule has 22 heavy (non-hydrogen) atoms. The summed E-state index contributed by atoms with van der Waals surface area (Å²) in [6.45, 7) is 0. The second kappa shape index (κ2) is 5.07. The van der Waals surface area contributed by atoms with Gasteiger partial charge in [-0.1, -0.05) is 47.6 Å². The first-order valence-electron chi connectivity index (χ1n) is 7.01. The zero-order valence-corrected chi connectivity index (χ0v) is 12.0. The first-order chi connectivity index (χ1) is 10.8. The van der Waals surface area contributed by atoms with Crippen molar-refractivity contribution in [3.8, 4) is 17.3 Å². The van der Waals surface area contributed by atoms with Gasteiger partial charge in [-0.2, -0.15) is 10.1 Å². The predicted molar refractivity (Wildman–Crippen MR) is 86.8 cm³/mol. The van der Waals surface area contributed by atoms with Crippen molar-refractivity contribution in [1.29, 1.82) is 0 Å². The molecule has 0 spiro atoms. The molecule has 3 aromatic carbocycles. The van der Waals surface area contributed by atoms with Crippen LogP contribution in [-0.2, 0) is 0 Å². The van der Waals surface area contributed by atoms with Gasteiger partial charge >= 0.3 is 6.01 Å². The van der Waals surface area contributed by atoms with Crippen LogP contribution in [-0.4, -0.2) is 22.3 Å². The first kappa shape index (κ1) is 12.7. The van der Waals surface area contributed by atoms with Crippen LogP contribution < -0.4 is 4.74 Å². The molecule has 1 heterocycles. The summed E-state index contributed by atoms with van der Waals surface area (Å²) in [7, 11) is 1.54. The summed E-state index contributed by atoms with van der Waals surface area (Å²) in [5.74, 6) is 0. The molecule has 0 saturated carbocycles. The lowest BCUT2D eigenvalue weighted by molar-refractivity contribution is 0.374. The zero-order chi connectivity index (χ0) is 14.9. The van der Waals surface area contributed by atoms with Gasteiger partial charge in [-0.05, 0) is 33.7 Å². The van der Waals surface area contributed by atoms with Crippen LogP contribution >= 0.6 is 0 Å². The molecule has 0 N–H and O–H groups in total. The number of fused-ring (bicyclic) bond motifs is 2. The lowest BCUT2D eigenvalue weighted by Crippen LogP contribution is -1.96. The molecule has 0 aliphatic rings. The highest BCUT2D eigenvalue weighted by molar-refractivity contribution is 6.04. The molecule has 0 fully saturated rings. The average molecular weight is 287 g/mol. The summed E-state index contributed by atoms with van der Waals surface area (Å²) in [5.41, 5.74) is 1.78. The lowest BCUT2D eigenvalue weighted by Gasteiger charge is -2.08. The molecule has 0 atom stereocenters. The molecular formula is C18H13N3O. The predicted octanol–water partition coefficient (Wildman–Crippen LogP) is 3.85. The minimum absolute atomic E-state index is 0.273. The summed E-state index contributed by atoms with van der Waals surface area (Å²) in [4.78, 5) is 4.40. The number of rotatable bonds is 2. The van der Waals surface area contributed by atoms with E-state index in [0.29, 0.717) is 0 Å². The summed E-state index contributed by atoms with van der Waals surface area (Å²) in [6, 6.07) is 19.2. The van der Waals surface area contributed by atoms with E-state index in [-0.39, 0.29) is 6.01 Å². The molecule has 106 valence electrons. The monoisotopic (exact) mass is 287 g/mol. The molecule has 0 aliphatic heterocycles. The average Bonchev–Trinajstić information content (AvgIpc) is 2.59. The molecule has 0 radical (unpaired) electrons. The Bertz CT molecular complexity index is 982. The van der Waals surface area contributed by atoms with Crippen LogP contribution in [0.3, 0.4) is 0 Å². The second-order valence-corrected chi connectivity index (χ2v) is 5.05. The second-order valence-electron chi connectivity index (χ2n) is 5.05. The van der Waals surface area contributed by atoms with Crippen molar-refractivity contribution in [2.75, 3.05) is 7.11 Å². The molecule has 0 amide bonds. The smallest absolute Gasteiger partial charge is 0.335 e. The Morgan fingerprint density at radius 3 is 2.45 bits per heavy atom. The maximum absolute atomic E-state index is 5.07. The lowest BCUT2D eigenvalue weighted by atomic mass is 9.98. The zero-order valence-electron chi connectivity index (χ0n) is 12.0. The van der Waals surface area contributed by atoms with E-state index in [1.165, 1.54) is 23.3 Å². The minimum atomic E-state index is 0.273. The van der Waals surface area contributed by atoms with Crippen molar-refractivity contribution in [2.24, 2.45) is 0 Å². The molecular weight excluding hydrogens is 274 g/mol. The van der Waals surface area contributed by atoms with Crippen molar-refractivity contribution >= 4 is 21.5 Å². The highest BCUT2D eigenvalue weighted by Gasteiger charge is 2.08. The van der Waals surface area contributed by atoms with Gasteiger partial charge in [0.2, 0.25) is 0 Å². The molecule has 1 aromatic heterocycles. The van der Waals surface area contributed by atoms with E-state index in [0.717, 1.165) is 16.6 Å². The summed E-state index contributed by atoms with van der Waals surface area (Å²) >= 11 is 0. The Labute approximate surface area is 127 Å². The van der Waals surface area contributed by atoms with Gasteiger partial charge in [0.25, 0.3) is 0 Å². The SMILES string of the molecule is COc1nncc(-c2cccc3cc4ccccc4cc23)n1. The Morgan fingerprint density at radius 1 is 0.864 bits per heavy atom. The van der Waals surface area contributed by atoms with E-state index in [2.05, 4.69) is 51.6 Å². The summed E-state index contributed by atoms with van der Waals surface area (Å²) in [5, 5.41) is 12.5. The standard InChI is InChI=1S/C18H13N3O/c1-22-18-20-17(11-19-21-18)15-8-4-7-14-9-12-5-2-3-6-13(12)10-16(14)15/h2-11H,1H3. The van der Waals surface area contributed by atoms with Crippen molar-refractivity contribution < 1.29 is 4.74 Å². The van der Waals surface area contributed by atoms with Crippen LogP contribution in [0.4, 0.5) is 0 Å². The van der Waals surface area contributed by atoms with Gasteiger partial charge in [-0.25, -0.2) is 0 Å². The molecule has 0 saturated heterocycles. The summed E-state index contributed by atoms with van der Waals surface area (Å²) in [6.07, 6.45) is 1.66. The fraction of sp³-hybridized carbons (Fsp3) is 0.0556.